The van der Waals surface area contributed by atoms with E-state index < -0.39 is 36.3 Å². The SMILES string of the molecule is Cn1ccnc1C(NC(=O)COC(=O)c1ccc(N2C(=O)c3ccccc3C2=O)cc1)c1ccccc1. The summed E-state index contributed by atoms with van der Waals surface area (Å²) in [6.45, 7) is -0.493. The number of carbonyl (C=O) groups is 4. The molecule has 1 aliphatic rings. The standard InChI is InChI=1S/C28H22N4O5/c1-31-16-15-29-25(31)24(18-7-3-2-4-8-18)30-23(33)17-37-28(36)19-11-13-20(14-12-19)32-26(34)21-9-5-6-10-22(21)27(32)35/h2-16,24H,17H2,1H3,(H,30,33). The van der Waals surface area contributed by atoms with E-state index in [4.69, 9.17) is 4.74 Å². The largest absolute Gasteiger partial charge is 0.452 e. The lowest BCUT2D eigenvalue weighted by Gasteiger charge is -2.19. The smallest absolute Gasteiger partial charge is 0.338 e. The minimum atomic E-state index is -0.711. The van der Waals surface area contributed by atoms with Gasteiger partial charge in [-0.25, -0.2) is 14.7 Å². The van der Waals surface area contributed by atoms with Crippen molar-refractivity contribution < 1.29 is 23.9 Å². The van der Waals surface area contributed by atoms with E-state index in [1.54, 1.807) is 41.2 Å². The summed E-state index contributed by atoms with van der Waals surface area (Å²) >= 11 is 0. The van der Waals surface area contributed by atoms with Crippen LogP contribution in [0.5, 0.6) is 0 Å². The Bertz CT molecular complexity index is 1460. The maximum Gasteiger partial charge on any atom is 0.338 e. The van der Waals surface area contributed by atoms with Gasteiger partial charge in [-0.05, 0) is 42.0 Å². The Morgan fingerprint density at radius 2 is 1.51 bits per heavy atom. The van der Waals surface area contributed by atoms with Crippen LogP contribution in [0.1, 0.15) is 48.5 Å². The van der Waals surface area contributed by atoms with Crippen LogP contribution in [0.15, 0.2) is 91.3 Å². The van der Waals surface area contributed by atoms with Gasteiger partial charge in [-0.3, -0.25) is 14.4 Å². The fraction of sp³-hybridized carbons (Fsp3) is 0.107. The van der Waals surface area contributed by atoms with Gasteiger partial charge in [0.25, 0.3) is 17.7 Å². The number of aromatic nitrogens is 2. The molecule has 1 atom stereocenters. The fourth-order valence-electron chi connectivity index (χ4n) is 4.19. The molecule has 1 aromatic heterocycles. The second-order valence-corrected chi connectivity index (χ2v) is 8.42. The van der Waals surface area contributed by atoms with E-state index in [-0.39, 0.29) is 5.56 Å². The number of benzene rings is 3. The van der Waals surface area contributed by atoms with Crippen LogP contribution in [0.3, 0.4) is 0 Å². The van der Waals surface area contributed by atoms with Gasteiger partial charge in [-0.1, -0.05) is 42.5 Å². The highest BCUT2D eigenvalue weighted by Crippen LogP contribution is 2.28. The van der Waals surface area contributed by atoms with Crippen LogP contribution in [-0.2, 0) is 16.6 Å². The zero-order chi connectivity index (χ0) is 25.9. The van der Waals surface area contributed by atoms with Crippen molar-refractivity contribution in [1.29, 1.82) is 0 Å². The summed E-state index contributed by atoms with van der Waals surface area (Å²) in [5.41, 5.74) is 2.01. The molecular weight excluding hydrogens is 472 g/mol. The third-order valence-corrected chi connectivity index (χ3v) is 6.04. The first-order valence-corrected chi connectivity index (χ1v) is 11.5. The number of fused-ring (bicyclic) bond motifs is 1. The first-order chi connectivity index (χ1) is 17.9. The predicted octanol–water partition coefficient (Wildman–Crippen LogP) is 3.28. The third-order valence-electron chi connectivity index (χ3n) is 6.04. The van der Waals surface area contributed by atoms with Crippen LogP contribution >= 0.6 is 0 Å². The van der Waals surface area contributed by atoms with Crippen LogP contribution in [0, 0.1) is 0 Å². The molecule has 2 heterocycles. The molecule has 0 saturated carbocycles. The average Bonchev–Trinajstić information content (AvgIpc) is 3.46. The number of hydrogen-bond acceptors (Lipinski definition) is 6. The molecule has 0 radical (unpaired) electrons. The summed E-state index contributed by atoms with van der Waals surface area (Å²) in [4.78, 5) is 56.0. The lowest BCUT2D eigenvalue weighted by atomic mass is 10.1. The Kier molecular flexibility index (Phi) is 6.34. The highest BCUT2D eigenvalue weighted by atomic mass is 16.5. The van der Waals surface area contributed by atoms with E-state index in [0.717, 1.165) is 10.5 Å². The summed E-state index contributed by atoms with van der Waals surface area (Å²) in [5, 5.41) is 2.87. The molecular formula is C28H22N4O5. The number of rotatable bonds is 7. The second kappa shape index (κ2) is 9.90. The van der Waals surface area contributed by atoms with Crippen molar-refractivity contribution in [1.82, 2.24) is 14.9 Å². The Morgan fingerprint density at radius 1 is 0.892 bits per heavy atom. The molecule has 184 valence electrons. The molecule has 5 rings (SSSR count). The van der Waals surface area contributed by atoms with Crippen molar-refractivity contribution in [3.8, 4) is 0 Å². The van der Waals surface area contributed by atoms with Crippen molar-refractivity contribution >= 4 is 29.4 Å². The number of imidazole rings is 1. The third kappa shape index (κ3) is 4.62. The lowest BCUT2D eigenvalue weighted by molar-refractivity contribution is -0.124. The summed E-state index contributed by atoms with van der Waals surface area (Å²) in [5.74, 6) is -1.42. The Labute approximate surface area is 212 Å². The number of anilines is 1. The maximum absolute atomic E-state index is 12.7. The fourth-order valence-corrected chi connectivity index (χ4v) is 4.19. The summed E-state index contributed by atoms with van der Waals surface area (Å²) in [6, 6.07) is 21.3. The minimum absolute atomic E-state index is 0.178. The van der Waals surface area contributed by atoms with Gasteiger partial charge in [0, 0.05) is 19.4 Å². The van der Waals surface area contributed by atoms with Crippen molar-refractivity contribution in [3.05, 3.63) is 119 Å². The number of aryl methyl sites for hydroxylation is 1. The maximum atomic E-state index is 12.7. The number of esters is 1. The van der Waals surface area contributed by atoms with Gasteiger partial charge in [0.1, 0.15) is 11.9 Å². The molecule has 0 aliphatic carbocycles. The number of amides is 3. The van der Waals surface area contributed by atoms with Gasteiger partial charge >= 0.3 is 5.97 Å². The van der Waals surface area contributed by atoms with E-state index in [9.17, 15) is 19.2 Å². The van der Waals surface area contributed by atoms with Crippen LogP contribution < -0.4 is 10.2 Å². The number of ether oxygens (including phenoxy) is 1. The molecule has 37 heavy (non-hydrogen) atoms. The first-order valence-electron chi connectivity index (χ1n) is 11.5. The van der Waals surface area contributed by atoms with Gasteiger partial charge in [0.15, 0.2) is 6.61 Å². The number of hydrogen-bond donors (Lipinski definition) is 1. The van der Waals surface area contributed by atoms with Crippen molar-refractivity contribution in [3.63, 3.8) is 0 Å². The highest BCUT2D eigenvalue weighted by Gasteiger charge is 2.36. The van der Waals surface area contributed by atoms with E-state index in [0.29, 0.717) is 22.6 Å². The summed E-state index contributed by atoms with van der Waals surface area (Å²) < 4.78 is 7.01. The highest BCUT2D eigenvalue weighted by molar-refractivity contribution is 6.34. The lowest BCUT2D eigenvalue weighted by Crippen LogP contribution is -2.34. The van der Waals surface area contributed by atoms with Crippen molar-refractivity contribution in [2.45, 2.75) is 6.04 Å². The molecule has 0 spiro atoms. The average molecular weight is 495 g/mol. The van der Waals surface area contributed by atoms with E-state index in [1.807, 2.05) is 37.4 Å². The Balaban J connectivity index is 1.23. The van der Waals surface area contributed by atoms with Crippen LogP contribution in [0.25, 0.3) is 0 Å². The normalized spacial score (nSPS) is 13.3. The Morgan fingerprint density at radius 3 is 2.11 bits per heavy atom. The zero-order valence-electron chi connectivity index (χ0n) is 19.8. The van der Waals surface area contributed by atoms with Crippen LogP contribution in [-0.4, -0.2) is 39.8 Å². The van der Waals surface area contributed by atoms with Gasteiger partial charge < -0.3 is 14.6 Å². The Hall–Kier alpha value is -5.05. The molecule has 0 saturated heterocycles. The van der Waals surface area contributed by atoms with Crippen LogP contribution in [0.4, 0.5) is 5.69 Å². The molecule has 1 aliphatic heterocycles. The number of nitrogens with one attached hydrogen (secondary N) is 1. The number of nitrogens with zero attached hydrogens (tertiary/aromatic N) is 3. The summed E-state index contributed by atoms with van der Waals surface area (Å²) in [6.07, 6.45) is 3.42. The van der Waals surface area contributed by atoms with E-state index in [2.05, 4.69) is 10.3 Å². The monoisotopic (exact) mass is 494 g/mol. The molecule has 1 unspecified atom stereocenters. The van der Waals surface area contributed by atoms with Gasteiger partial charge in [-0.2, -0.15) is 0 Å². The van der Waals surface area contributed by atoms with E-state index >= 15 is 0 Å². The molecule has 3 amide bonds. The van der Waals surface area contributed by atoms with Gasteiger partial charge in [0.2, 0.25) is 0 Å². The molecule has 0 fully saturated rings. The topological polar surface area (TPSA) is 111 Å². The number of carbonyl (C=O) groups excluding carboxylic acids is 4. The van der Waals surface area contributed by atoms with E-state index in [1.165, 1.54) is 24.3 Å². The van der Waals surface area contributed by atoms with Crippen molar-refractivity contribution in [2.75, 3.05) is 11.5 Å². The quantitative estimate of drug-likeness (QED) is 0.312. The minimum Gasteiger partial charge on any atom is -0.452 e. The summed E-state index contributed by atoms with van der Waals surface area (Å²) in [7, 11) is 1.83. The molecule has 9 nitrogen and oxygen atoms in total. The molecule has 9 heteroatoms. The molecule has 0 bridgehead atoms. The van der Waals surface area contributed by atoms with Crippen LogP contribution in [0.2, 0.25) is 0 Å². The molecule has 1 N–H and O–H groups in total. The molecule has 3 aromatic carbocycles. The van der Waals surface area contributed by atoms with Crippen molar-refractivity contribution in [2.24, 2.45) is 7.05 Å². The van der Waals surface area contributed by atoms with Gasteiger partial charge in [0.05, 0.1) is 22.4 Å². The predicted molar refractivity (Wildman–Crippen MR) is 134 cm³/mol. The number of imide groups is 1. The second-order valence-electron chi connectivity index (χ2n) is 8.42. The molecule has 4 aromatic rings. The zero-order valence-corrected chi connectivity index (χ0v) is 19.8. The first kappa shape index (κ1) is 23.7. The van der Waals surface area contributed by atoms with Gasteiger partial charge in [-0.15, -0.1) is 0 Å².